The molecule has 0 radical (unpaired) electrons. The van der Waals surface area contributed by atoms with Gasteiger partial charge in [0.25, 0.3) is 0 Å². The largest absolute Gasteiger partial charge is 0.208 e. The van der Waals surface area contributed by atoms with Crippen LogP contribution < -0.4 is 0 Å². The molecule has 0 saturated heterocycles. The Bertz CT molecular complexity index is 2590. The molecule has 0 aliphatic rings. The van der Waals surface area contributed by atoms with E-state index in [9.17, 15) is 0 Å². The van der Waals surface area contributed by atoms with E-state index in [1.165, 1.54) is 37.9 Å². The van der Waals surface area contributed by atoms with Crippen molar-refractivity contribution in [3.05, 3.63) is 222 Å². The Morgan fingerprint density at radius 2 is 0.698 bits per heavy atom. The highest BCUT2D eigenvalue weighted by Gasteiger charge is 2.17. The minimum absolute atomic E-state index is 0.653. The lowest BCUT2D eigenvalue weighted by atomic mass is 9.85. The second kappa shape index (κ2) is 14.5. The molecule has 250 valence electrons. The predicted molar refractivity (Wildman–Crippen MR) is 221 cm³/mol. The second-order valence-electron chi connectivity index (χ2n) is 12.8. The van der Waals surface area contributed by atoms with E-state index in [1.807, 2.05) is 30.3 Å². The number of aromatic nitrogens is 3. The lowest BCUT2D eigenvalue weighted by Gasteiger charge is -2.18. The van der Waals surface area contributed by atoms with Gasteiger partial charge in [0.15, 0.2) is 17.5 Å². The standard InChI is InChI=1S/C49H33N3S/c1-5-15-36(16-6-1)45(37-17-7-2-8-18-37)46(38-19-9-3-10-20-38)39-29-25-34(26-30-39)35-27-31-41(32-28-35)48-50-47(40-21-11-4-12-22-40)51-49(52-48)44-33-42-23-13-14-24-43(42)53-44/h1-33H. The molecule has 0 fully saturated rings. The van der Waals surface area contributed by atoms with Crippen molar-refractivity contribution in [2.24, 2.45) is 0 Å². The van der Waals surface area contributed by atoms with E-state index in [0.717, 1.165) is 32.7 Å². The topological polar surface area (TPSA) is 38.7 Å². The molecule has 0 aliphatic heterocycles. The molecule has 9 aromatic rings. The smallest absolute Gasteiger partial charge is 0.174 e. The SMILES string of the molecule is c1ccc(C(=C(c2ccccc2)c2ccc(-c3ccc(-c4nc(-c5ccccc5)nc(-c5cc6ccccc6s5)n4)cc3)cc2)c2ccccc2)cc1. The molecule has 4 heteroatoms. The first-order chi connectivity index (χ1) is 26.3. The Balaban J connectivity index is 1.09. The summed E-state index contributed by atoms with van der Waals surface area (Å²) in [6.45, 7) is 0. The summed E-state index contributed by atoms with van der Waals surface area (Å²) >= 11 is 1.70. The van der Waals surface area contributed by atoms with E-state index in [2.05, 4.69) is 170 Å². The molecule has 0 saturated carbocycles. The maximum atomic E-state index is 5.01. The van der Waals surface area contributed by atoms with Crippen molar-refractivity contribution in [1.82, 2.24) is 15.0 Å². The number of nitrogens with zero attached hydrogens (tertiary/aromatic N) is 3. The highest BCUT2D eigenvalue weighted by Crippen LogP contribution is 2.38. The van der Waals surface area contributed by atoms with E-state index in [-0.39, 0.29) is 0 Å². The van der Waals surface area contributed by atoms with Crippen molar-refractivity contribution in [3.63, 3.8) is 0 Å². The molecule has 9 rings (SSSR count). The Morgan fingerprint density at radius 3 is 1.21 bits per heavy atom. The number of benzene rings is 7. The average molecular weight is 696 g/mol. The van der Waals surface area contributed by atoms with Gasteiger partial charge in [0.05, 0.1) is 4.88 Å². The van der Waals surface area contributed by atoms with E-state index >= 15 is 0 Å². The quantitative estimate of drug-likeness (QED) is 0.149. The zero-order valence-corrected chi connectivity index (χ0v) is 29.6. The van der Waals surface area contributed by atoms with Crippen LogP contribution >= 0.6 is 11.3 Å². The molecule has 2 heterocycles. The van der Waals surface area contributed by atoms with Gasteiger partial charge in [-0.3, -0.25) is 0 Å². The zero-order valence-electron chi connectivity index (χ0n) is 28.8. The van der Waals surface area contributed by atoms with Gasteiger partial charge in [-0.25, -0.2) is 15.0 Å². The van der Waals surface area contributed by atoms with Crippen LogP contribution in [0.15, 0.2) is 200 Å². The number of thiophene rings is 1. The maximum absolute atomic E-state index is 5.01. The van der Waals surface area contributed by atoms with Crippen LogP contribution in [0.1, 0.15) is 22.3 Å². The maximum Gasteiger partial charge on any atom is 0.174 e. The summed E-state index contributed by atoms with van der Waals surface area (Å²) in [6, 6.07) is 70.2. The highest BCUT2D eigenvalue weighted by molar-refractivity contribution is 7.22. The van der Waals surface area contributed by atoms with E-state index in [1.54, 1.807) is 11.3 Å². The summed E-state index contributed by atoms with van der Waals surface area (Å²) in [4.78, 5) is 15.9. The van der Waals surface area contributed by atoms with Gasteiger partial charge in [-0.1, -0.05) is 188 Å². The van der Waals surface area contributed by atoms with Crippen molar-refractivity contribution in [3.8, 4) is 44.6 Å². The zero-order chi connectivity index (χ0) is 35.4. The third-order valence-electron chi connectivity index (χ3n) is 9.40. The van der Waals surface area contributed by atoms with Crippen LogP contribution in [0, 0.1) is 0 Å². The molecule has 0 bridgehead atoms. The first-order valence-electron chi connectivity index (χ1n) is 17.7. The molecule has 0 atom stereocenters. The summed E-state index contributed by atoms with van der Waals surface area (Å²) in [5, 5.41) is 1.19. The van der Waals surface area contributed by atoms with E-state index in [4.69, 9.17) is 15.0 Å². The average Bonchev–Trinajstić information content (AvgIpc) is 3.69. The van der Waals surface area contributed by atoms with Gasteiger partial charge in [0, 0.05) is 15.8 Å². The Labute approximate surface area is 313 Å². The molecule has 0 spiro atoms. The van der Waals surface area contributed by atoms with Crippen LogP contribution in [0.5, 0.6) is 0 Å². The lowest BCUT2D eigenvalue weighted by Crippen LogP contribution is -1.99. The number of fused-ring (bicyclic) bond motifs is 1. The Hall–Kier alpha value is -6.75. The molecule has 0 unspecified atom stereocenters. The monoisotopic (exact) mass is 695 g/mol. The van der Waals surface area contributed by atoms with Crippen LogP contribution in [0.3, 0.4) is 0 Å². The summed E-state index contributed by atoms with van der Waals surface area (Å²) < 4.78 is 1.21. The Kier molecular flexibility index (Phi) is 8.79. The summed E-state index contributed by atoms with van der Waals surface area (Å²) in [5.74, 6) is 2.00. The molecule has 0 amide bonds. The molecular formula is C49H33N3S. The lowest BCUT2D eigenvalue weighted by molar-refractivity contribution is 1.08. The summed E-state index contributed by atoms with van der Waals surface area (Å²) in [7, 11) is 0. The molecule has 0 N–H and O–H groups in total. The van der Waals surface area contributed by atoms with Crippen LogP contribution in [-0.2, 0) is 0 Å². The highest BCUT2D eigenvalue weighted by atomic mass is 32.1. The van der Waals surface area contributed by atoms with Crippen LogP contribution in [0.25, 0.3) is 65.8 Å². The fourth-order valence-corrected chi connectivity index (χ4v) is 7.79. The van der Waals surface area contributed by atoms with Crippen molar-refractivity contribution in [1.29, 1.82) is 0 Å². The molecule has 3 nitrogen and oxygen atoms in total. The molecule has 2 aromatic heterocycles. The van der Waals surface area contributed by atoms with Gasteiger partial charge < -0.3 is 0 Å². The number of rotatable bonds is 8. The first kappa shape index (κ1) is 32.2. The third-order valence-corrected chi connectivity index (χ3v) is 10.5. The van der Waals surface area contributed by atoms with E-state index < -0.39 is 0 Å². The number of hydrogen-bond acceptors (Lipinski definition) is 4. The molecule has 7 aromatic carbocycles. The van der Waals surface area contributed by atoms with Crippen molar-refractivity contribution < 1.29 is 0 Å². The first-order valence-corrected chi connectivity index (χ1v) is 18.5. The van der Waals surface area contributed by atoms with Crippen molar-refractivity contribution >= 4 is 32.6 Å². The van der Waals surface area contributed by atoms with Gasteiger partial charge in [0.2, 0.25) is 0 Å². The second-order valence-corrected chi connectivity index (χ2v) is 13.9. The molecular weight excluding hydrogens is 663 g/mol. The van der Waals surface area contributed by atoms with Gasteiger partial charge in [-0.05, 0) is 62.0 Å². The molecule has 0 aliphatic carbocycles. The third kappa shape index (κ3) is 6.72. The minimum atomic E-state index is 0.653. The van der Waals surface area contributed by atoms with Crippen molar-refractivity contribution in [2.75, 3.05) is 0 Å². The van der Waals surface area contributed by atoms with Gasteiger partial charge in [-0.2, -0.15) is 0 Å². The van der Waals surface area contributed by atoms with Gasteiger partial charge in [-0.15, -0.1) is 11.3 Å². The van der Waals surface area contributed by atoms with Crippen molar-refractivity contribution in [2.45, 2.75) is 0 Å². The van der Waals surface area contributed by atoms with Crippen LogP contribution in [0.2, 0.25) is 0 Å². The Morgan fingerprint density at radius 1 is 0.321 bits per heavy atom. The predicted octanol–water partition coefficient (Wildman–Crippen LogP) is 12.8. The molecule has 53 heavy (non-hydrogen) atoms. The van der Waals surface area contributed by atoms with E-state index in [0.29, 0.717) is 17.5 Å². The van der Waals surface area contributed by atoms with Crippen LogP contribution in [0.4, 0.5) is 0 Å². The van der Waals surface area contributed by atoms with Crippen LogP contribution in [-0.4, -0.2) is 15.0 Å². The summed E-state index contributed by atoms with van der Waals surface area (Å²) in [5.41, 5.74) is 11.3. The fraction of sp³-hybridized carbons (Fsp3) is 0. The minimum Gasteiger partial charge on any atom is -0.208 e. The fourth-order valence-electron chi connectivity index (χ4n) is 6.79. The normalized spacial score (nSPS) is 11.0. The summed E-state index contributed by atoms with van der Waals surface area (Å²) in [6.07, 6.45) is 0. The van der Waals surface area contributed by atoms with Gasteiger partial charge in [0.1, 0.15) is 0 Å². The number of hydrogen-bond donors (Lipinski definition) is 0. The van der Waals surface area contributed by atoms with Gasteiger partial charge >= 0.3 is 0 Å².